The maximum atomic E-state index is 13.8. The average Bonchev–Trinajstić information content (AvgIpc) is 3.56. The minimum atomic E-state index is -0.797. The van der Waals surface area contributed by atoms with Gasteiger partial charge in [-0.1, -0.05) is 0 Å². The topological polar surface area (TPSA) is 102 Å². The molecule has 144 valence electrons. The lowest BCUT2D eigenvalue weighted by Gasteiger charge is -2.10. The minimum Gasteiger partial charge on any atom is -0.383 e. The van der Waals surface area contributed by atoms with Crippen molar-refractivity contribution in [2.75, 3.05) is 11.1 Å². The molecule has 1 aliphatic rings. The van der Waals surface area contributed by atoms with Crippen LogP contribution in [0.4, 0.5) is 26.2 Å². The first kappa shape index (κ1) is 17.4. The summed E-state index contributed by atoms with van der Waals surface area (Å²) in [5.41, 5.74) is 8.61. The summed E-state index contributed by atoms with van der Waals surface area (Å²) in [4.78, 5) is 21.0. The molecule has 5 rings (SSSR count). The molecule has 29 heavy (non-hydrogen) atoms. The Kier molecular flexibility index (Phi) is 4.01. The largest absolute Gasteiger partial charge is 0.383 e. The van der Waals surface area contributed by atoms with E-state index in [-0.39, 0.29) is 11.6 Å². The molecule has 0 atom stereocenters. The van der Waals surface area contributed by atoms with E-state index in [0.717, 1.165) is 35.9 Å². The number of anilines is 3. The van der Waals surface area contributed by atoms with Gasteiger partial charge in [-0.05, 0) is 48.6 Å². The zero-order valence-electron chi connectivity index (χ0n) is 15.1. The normalized spacial score (nSPS) is 13.6. The van der Waals surface area contributed by atoms with E-state index < -0.39 is 11.8 Å². The number of rotatable bonds is 4. The van der Waals surface area contributed by atoms with Gasteiger partial charge in [-0.15, -0.1) is 0 Å². The van der Waals surface area contributed by atoms with E-state index in [1.165, 1.54) is 6.20 Å². The van der Waals surface area contributed by atoms with Crippen LogP contribution in [-0.2, 0) is 0 Å². The second kappa shape index (κ2) is 6.69. The predicted molar refractivity (Wildman–Crippen MR) is 104 cm³/mol. The van der Waals surface area contributed by atoms with Gasteiger partial charge >= 0.3 is 0 Å². The van der Waals surface area contributed by atoms with Gasteiger partial charge in [0, 0.05) is 23.3 Å². The Morgan fingerprint density at radius 2 is 1.90 bits per heavy atom. The van der Waals surface area contributed by atoms with E-state index in [4.69, 9.17) is 5.73 Å². The van der Waals surface area contributed by atoms with Crippen LogP contribution in [0.3, 0.4) is 0 Å². The monoisotopic (exact) mass is 391 g/mol. The van der Waals surface area contributed by atoms with Crippen LogP contribution in [0.2, 0.25) is 0 Å². The fourth-order valence-electron chi connectivity index (χ4n) is 3.24. The molecule has 0 aromatic carbocycles. The van der Waals surface area contributed by atoms with Crippen LogP contribution >= 0.6 is 0 Å². The van der Waals surface area contributed by atoms with Gasteiger partial charge in [0.1, 0.15) is 11.6 Å². The summed E-state index contributed by atoms with van der Waals surface area (Å²) in [5, 5.41) is 3.51. The van der Waals surface area contributed by atoms with Crippen LogP contribution in [0.25, 0.3) is 22.3 Å². The van der Waals surface area contributed by atoms with Crippen LogP contribution in [0.1, 0.15) is 24.3 Å². The molecule has 3 N–H and O–H groups in total. The molecule has 0 radical (unpaired) electrons. The van der Waals surface area contributed by atoms with Crippen molar-refractivity contribution in [3.63, 3.8) is 0 Å². The zero-order valence-corrected chi connectivity index (χ0v) is 15.1. The number of hydrogen-bond donors (Lipinski definition) is 2. The molecule has 9 heteroatoms. The summed E-state index contributed by atoms with van der Waals surface area (Å²) < 4.78 is 27.1. The van der Waals surface area contributed by atoms with Crippen molar-refractivity contribution in [1.29, 1.82) is 0 Å². The molecule has 0 saturated heterocycles. The number of hydrogen-bond acceptors (Lipinski definition) is 7. The number of nitrogens with two attached hydrogens (primary N) is 1. The standard InChI is InChI=1S/C20H15F2N7/c21-13-3-4-15(22)27-20(13)28-16-7-11(5-6-25-16)19-26-14-9-24-8-12(10-1-2-10)17(14)18(23)29-19/h3-10H,1-2H2,(H2,23,26,29)(H,25,27,28). The molecule has 7 nitrogen and oxygen atoms in total. The summed E-state index contributed by atoms with van der Waals surface area (Å²) in [7, 11) is 0. The maximum absolute atomic E-state index is 13.8. The second-order valence-corrected chi connectivity index (χ2v) is 6.85. The maximum Gasteiger partial charge on any atom is 0.214 e. The molecular weight excluding hydrogens is 376 g/mol. The van der Waals surface area contributed by atoms with Gasteiger partial charge in [0.25, 0.3) is 0 Å². The van der Waals surface area contributed by atoms with Gasteiger partial charge in [0.15, 0.2) is 17.5 Å². The van der Waals surface area contributed by atoms with Crippen molar-refractivity contribution < 1.29 is 8.78 Å². The summed E-state index contributed by atoms with van der Waals surface area (Å²) >= 11 is 0. The van der Waals surface area contributed by atoms with E-state index >= 15 is 0 Å². The Morgan fingerprint density at radius 3 is 2.72 bits per heavy atom. The van der Waals surface area contributed by atoms with Crippen molar-refractivity contribution in [1.82, 2.24) is 24.9 Å². The van der Waals surface area contributed by atoms with Crippen molar-refractivity contribution in [3.05, 3.63) is 60.2 Å². The van der Waals surface area contributed by atoms with Crippen LogP contribution in [0.5, 0.6) is 0 Å². The van der Waals surface area contributed by atoms with E-state index in [1.807, 2.05) is 6.20 Å². The highest BCUT2D eigenvalue weighted by atomic mass is 19.1. The lowest BCUT2D eigenvalue weighted by molar-refractivity contribution is 0.564. The highest BCUT2D eigenvalue weighted by Crippen LogP contribution is 2.43. The van der Waals surface area contributed by atoms with Gasteiger partial charge in [-0.2, -0.15) is 9.37 Å². The van der Waals surface area contributed by atoms with Gasteiger partial charge in [0.2, 0.25) is 5.95 Å². The molecule has 1 fully saturated rings. The summed E-state index contributed by atoms with van der Waals surface area (Å²) in [6, 6.07) is 5.26. The van der Waals surface area contributed by atoms with Crippen molar-refractivity contribution in [2.24, 2.45) is 0 Å². The van der Waals surface area contributed by atoms with Crippen LogP contribution in [-0.4, -0.2) is 24.9 Å². The smallest absolute Gasteiger partial charge is 0.214 e. The highest BCUT2D eigenvalue weighted by Gasteiger charge is 2.27. The number of nitrogens with one attached hydrogen (secondary N) is 1. The lowest BCUT2D eigenvalue weighted by atomic mass is 10.1. The third-order valence-electron chi connectivity index (χ3n) is 4.76. The summed E-state index contributed by atoms with van der Waals surface area (Å²) in [6.07, 6.45) is 7.24. The molecule has 4 aromatic heterocycles. The van der Waals surface area contributed by atoms with E-state index in [1.54, 1.807) is 18.3 Å². The van der Waals surface area contributed by atoms with Gasteiger partial charge in [-0.3, -0.25) is 4.98 Å². The number of fused-ring (bicyclic) bond motifs is 1. The molecule has 0 spiro atoms. The van der Waals surface area contributed by atoms with Gasteiger partial charge < -0.3 is 11.1 Å². The van der Waals surface area contributed by atoms with Crippen molar-refractivity contribution in [2.45, 2.75) is 18.8 Å². The molecule has 0 bridgehead atoms. The lowest BCUT2D eigenvalue weighted by Crippen LogP contribution is -2.03. The summed E-state index contributed by atoms with van der Waals surface area (Å²) in [5.74, 6) is -0.230. The first-order valence-electron chi connectivity index (χ1n) is 9.05. The molecule has 0 amide bonds. The van der Waals surface area contributed by atoms with E-state index in [0.29, 0.717) is 28.6 Å². The molecular formula is C20H15F2N7. The number of nitrogens with zero attached hydrogens (tertiary/aromatic N) is 5. The second-order valence-electron chi connectivity index (χ2n) is 6.85. The van der Waals surface area contributed by atoms with Crippen LogP contribution in [0.15, 0.2) is 42.9 Å². The Hall–Kier alpha value is -3.75. The van der Waals surface area contributed by atoms with Crippen molar-refractivity contribution in [3.8, 4) is 11.4 Å². The molecule has 1 aliphatic carbocycles. The molecule has 4 heterocycles. The Labute approximate surface area is 164 Å². The average molecular weight is 391 g/mol. The van der Waals surface area contributed by atoms with Crippen LogP contribution < -0.4 is 11.1 Å². The van der Waals surface area contributed by atoms with E-state index in [2.05, 4.69) is 30.2 Å². The molecule has 1 saturated carbocycles. The SMILES string of the molecule is Nc1nc(-c2ccnc(Nc3nc(F)ccc3F)c2)nc2cncc(C3CC3)c12. The Bertz CT molecular complexity index is 1240. The number of halogens is 2. The third-order valence-corrected chi connectivity index (χ3v) is 4.76. The third kappa shape index (κ3) is 3.31. The van der Waals surface area contributed by atoms with Crippen LogP contribution in [0, 0.1) is 11.8 Å². The molecule has 0 aliphatic heterocycles. The summed E-state index contributed by atoms with van der Waals surface area (Å²) in [6.45, 7) is 0. The van der Waals surface area contributed by atoms with Gasteiger partial charge in [-0.25, -0.2) is 19.3 Å². The fraction of sp³-hybridized carbons (Fsp3) is 0.150. The quantitative estimate of drug-likeness (QED) is 0.508. The van der Waals surface area contributed by atoms with E-state index in [9.17, 15) is 8.78 Å². The number of aromatic nitrogens is 5. The minimum absolute atomic E-state index is 0.258. The first-order valence-corrected chi connectivity index (χ1v) is 9.05. The molecule has 0 unspecified atom stereocenters. The highest BCUT2D eigenvalue weighted by molar-refractivity contribution is 5.92. The number of pyridine rings is 3. The predicted octanol–water partition coefficient (Wildman–Crippen LogP) is 3.96. The molecule has 4 aromatic rings. The fourth-order valence-corrected chi connectivity index (χ4v) is 3.24. The zero-order chi connectivity index (χ0) is 20.0. The first-order chi connectivity index (χ1) is 14.1. The number of nitrogen functional groups attached to an aromatic ring is 1. The Balaban J connectivity index is 1.54. The van der Waals surface area contributed by atoms with Crippen molar-refractivity contribution >= 4 is 28.4 Å². The van der Waals surface area contributed by atoms with Gasteiger partial charge in [0.05, 0.1) is 11.7 Å². The Morgan fingerprint density at radius 1 is 1.03 bits per heavy atom.